The van der Waals surface area contributed by atoms with Crippen molar-refractivity contribution in [1.29, 1.82) is 0 Å². The number of aromatic nitrogens is 8. The van der Waals surface area contributed by atoms with Crippen LogP contribution in [-0.2, 0) is 51.6 Å². The highest BCUT2D eigenvalue weighted by atomic mass is 16.5. The summed E-state index contributed by atoms with van der Waals surface area (Å²) in [5.41, 5.74) is 8.73. The van der Waals surface area contributed by atoms with Gasteiger partial charge in [0.05, 0.1) is 46.7 Å². The van der Waals surface area contributed by atoms with Crippen LogP contribution < -0.4 is 11.2 Å². The number of fused-ring (bicyclic) bond motifs is 4. The molecule has 0 saturated carbocycles. The first-order chi connectivity index (χ1) is 26.2. The Kier molecular flexibility index (Phi) is 9.40. The van der Waals surface area contributed by atoms with E-state index >= 15 is 0 Å². The third-order valence-corrected chi connectivity index (χ3v) is 10.8. The molecule has 2 amide bonds. The first-order valence-electron chi connectivity index (χ1n) is 18.7. The van der Waals surface area contributed by atoms with Gasteiger partial charge in [0.15, 0.2) is 0 Å². The number of hydrogen-bond acceptors (Lipinski definition) is 6. The van der Waals surface area contributed by atoms with Crippen LogP contribution >= 0.6 is 0 Å². The number of benzene rings is 2. The van der Waals surface area contributed by atoms with Crippen molar-refractivity contribution in [1.82, 2.24) is 42.7 Å². The highest BCUT2D eigenvalue weighted by molar-refractivity contribution is 5.94. The Balaban J connectivity index is 1.19. The van der Waals surface area contributed by atoms with E-state index in [-0.39, 0.29) is 11.8 Å². The summed E-state index contributed by atoms with van der Waals surface area (Å²) >= 11 is 0. The van der Waals surface area contributed by atoms with Crippen LogP contribution in [0.3, 0.4) is 0 Å². The molecule has 54 heavy (non-hydrogen) atoms. The second-order valence-electron chi connectivity index (χ2n) is 14.2. The van der Waals surface area contributed by atoms with Crippen molar-refractivity contribution in [2.24, 2.45) is 24.1 Å². The summed E-state index contributed by atoms with van der Waals surface area (Å²) in [5, 5.41) is 8.95. The SMILES string of the molecule is CCn1nc(C)cc1C(=O)N=c1n(C)c2ccccc2n1C/C=C/Cn1c(=NC(=O)c2cc(C)nn2CC)n(C)c2cccc(CN3C4COCC3C4)c21. The van der Waals surface area contributed by atoms with Crippen molar-refractivity contribution in [2.75, 3.05) is 13.2 Å². The van der Waals surface area contributed by atoms with Gasteiger partial charge in [-0.2, -0.15) is 20.2 Å². The van der Waals surface area contributed by atoms with Gasteiger partial charge in [-0.1, -0.05) is 36.4 Å². The first-order valence-corrected chi connectivity index (χ1v) is 18.7. The summed E-state index contributed by atoms with van der Waals surface area (Å²) < 4.78 is 17.3. The Hall–Kier alpha value is -5.60. The molecule has 0 spiro atoms. The van der Waals surface area contributed by atoms with Gasteiger partial charge in [0.1, 0.15) is 11.4 Å². The maximum atomic E-state index is 13.8. The van der Waals surface area contributed by atoms with E-state index in [1.165, 1.54) is 12.0 Å². The van der Waals surface area contributed by atoms with E-state index < -0.39 is 0 Å². The van der Waals surface area contributed by atoms with Gasteiger partial charge in [0.25, 0.3) is 11.8 Å². The summed E-state index contributed by atoms with van der Waals surface area (Å²) in [6.07, 6.45) is 5.35. The molecule has 14 nitrogen and oxygen atoms in total. The highest BCUT2D eigenvalue weighted by Crippen LogP contribution is 2.33. The van der Waals surface area contributed by atoms with Crippen LogP contribution in [-0.4, -0.2) is 79.8 Å². The number of nitrogens with zero attached hydrogens (tertiary/aromatic N) is 11. The van der Waals surface area contributed by atoms with Crippen molar-refractivity contribution in [3.63, 3.8) is 0 Å². The quantitative estimate of drug-likeness (QED) is 0.196. The average molecular weight is 730 g/mol. The molecule has 2 aliphatic heterocycles. The fourth-order valence-corrected chi connectivity index (χ4v) is 8.11. The second kappa shape index (κ2) is 14.3. The molecule has 2 bridgehead atoms. The molecule has 0 radical (unpaired) electrons. The Morgan fingerprint density at radius 1 is 0.759 bits per heavy atom. The van der Waals surface area contributed by atoms with Crippen molar-refractivity contribution < 1.29 is 14.3 Å². The number of morpholine rings is 1. The summed E-state index contributed by atoms with van der Waals surface area (Å²) in [6.45, 7) is 12.1. The Labute approximate surface area is 312 Å². The average Bonchev–Trinajstić information content (AvgIpc) is 3.91. The Bertz CT molecular complexity index is 2570. The number of allylic oxidation sites excluding steroid dienone is 2. The number of ether oxygens (including phenoxy) is 1. The number of amides is 2. The van der Waals surface area contributed by atoms with E-state index in [0.29, 0.717) is 60.9 Å². The van der Waals surface area contributed by atoms with Gasteiger partial charge in [-0.15, -0.1) is 0 Å². The third-order valence-electron chi connectivity index (χ3n) is 10.8. The minimum Gasteiger partial charge on any atom is -0.378 e. The largest absolute Gasteiger partial charge is 0.378 e. The molecule has 4 aromatic heterocycles. The number of hydrogen-bond donors (Lipinski definition) is 0. The molecule has 2 atom stereocenters. The molecule has 2 unspecified atom stereocenters. The van der Waals surface area contributed by atoms with Gasteiger partial charge in [-0.3, -0.25) is 23.9 Å². The number of carbonyl (C=O) groups is 2. The van der Waals surface area contributed by atoms with Gasteiger partial charge in [0, 0.05) is 58.9 Å². The second-order valence-corrected chi connectivity index (χ2v) is 14.2. The van der Waals surface area contributed by atoms with E-state index in [9.17, 15) is 9.59 Å². The monoisotopic (exact) mass is 729 g/mol. The van der Waals surface area contributed by atoms with Crippen LogP contribution in [0.4, 0.5) is 0 Å². The van der Waals surface area contributed by atoms with Crippen molar-refractivity contribution >= 4 is 33.9 Å². The third kappa shape index (κ3) is 6.18. The predicted octanol–water partition coefficient (Wildman–Crippen LogP) is 4.03. The smallest absolute Gasteiger partial charge is 0.298 e. The van der Waals surface area contributed by atoms with Gasteiger partial charge in [0.2, 0.25) is 11.2 Å². The number of rotatable bonds is 10. The van der Waals surface area contributed by atoms with E-state index in [4.69, 9.17) is 9.73 Å². The van der Waals surface area contributed by atoms with Crippen LogP contribution in [0.1, 0.15) is 58.2 Å². The van der Waals surface area contributed by atoms with Crippen LogP contribution in [0.5, 0.6) is 0 Å². The number of imidazole rings is 2. The molecular weight excluding hydrogens is 683 g/mol. The molecule has 14 heteroatoms. The Morgan fingerprint density at radius 2 is 1.30 bits per heavy atom. The van der Waals surface area contributed by atoms with Crippen LogP contribution in [0.2, 0.25) is 0 Å². The molecule has 0 N–H and O–H groups in total. The summed E-state index contributed by atoms with van der Waals surface area (Å²) in [5.74, 6) is -0.674. The number of carbonyl (C=O) groups excluding carboxylic acids is 2. The van der Waals surface area contributed by atoms with Crippen LogP contribution in [0.25, 0.3) is 22.1 Å². The molecule has 2 aliphatic rings. The Morgan fingerprint density at radius 3 is 1.89 bits per heavy atom. The topological polar surface area (TPSA) is 127 Å². The molecule has 280 valence electrons. The lowest BCUT2D eigenvalue weighted by Crippen LogP contribution is -2.62. The van der Waals surface area contributed by atoms with E-state index in [1.807, 2.05) is 75.2 Å². The van der Waals surface area contributed by atoms with E-state index in [2.05, 4.69) is 59.6 Å². The van der Waals surface area contributed by atoms with Gasteiger partial charge in [-0.25, -0.2) is 0 Å². The predicted molar refractivity (Wildman–Crippen MR) is 205 cm³/mol. The molecule has 2 fully saturated rings. The lowest BCUT2D eigenvalue weighted by atomic mass is 9.90. The molecule has 6 aromatic rings. The van der Waals surface area contributed by atoms with Crippen LogP contribution in [0.15, 0.2) is 76.7 Å². The van der Waals surface area contributed by atoms with Crippen LogP contribution in [0, 0.1) is 13.8 Å². The first kappa shape index (κ1) is 35.4. The van der Waals surface area contributed by atoms with Crippen molar-refractivity contribution in [3.05, 3.63) is 106 Å². The highest BCUT2D eigenvalue weighted by Gasteiger charge is 2.42. The van der Waals surface area contributed by atoms with Gasteiger partial charge in [-0.05, 0) is 70.0 Å². The van der Waals surface area contributed by atoms with Crippen molar-refractivity contribution in [2.45, 2.75) is 78.9 Å². The summed E-state index contributed by atoms with van der Waals surface area (Å²) in [6, 6.07) is 18.8. The molecular formula is C40H47N11O3. The zero-order valence-corrected chi connectivity index (χ0v) is 31.8. The zero-order valence-electron chi connectivity index (χ0n) is 31.8. The number of para-hydroxylation sites is 3. The summed E-state index contributed by atoms with van der Waals surface area (Å²) in [4.78, 5) is 39.3. The van der Waals surface area contributed by atoms with Crippen molar-refractivity contribution in [3.8, 4) is 0 Å². The minimum atomic E-state index is -0.339. The lowest BCUT2D eigenvalue weighted by Gasteiger charge is -2.52. The normalized spacial score (nSPS) is 18.1. The lowest BCUT2D eigenvalue weighted by molar-refractivity contribution is -0.131. The summed E-state index contributed by atoms with van der Waals surface area (Å²) in [7, 11) is 3.90. The van der Waals surface area contributed by atoms with E-state index in [0.717, 1.165) is 53.2 Å². The molecule has 6 heterocycles. The maximum absolute atomic E-state index is 13.8. The molecule has 8 rings (SSSR count). The molecule has 0 aliphatic carbocycles. The molecule has 2 aromatic carbocycles. The van der Waals surface area contributed by atoms with Gasteiger partial charge < -0.3 is 23.0 Å². The standard InChI is InChI=1S/C40H47N11O3/c1-7-50-34(20-26(3)43-50)37(52)41-39-45(5)31-15-9-10-16-32(31)47(39)18-11-12-19-48-36-28(23-49-29-22-30(49)25-54-24-29)14-13-17-33(36)46(6)40(48)42-38(53)35-21-27(4)44-51(35)8-2/h9-17,20-21,29-30H,7-8,18-19,22-25H2,1-6H3/b12-11+,41-39?,42-40?. The number of aryl methyl sites for hydroxylation is 6. The zero-order chi connectivity index (χ0) is 37.7. The van der Waals surface area contributed by atoms with Gasteiger partial charge >= 0.3 is 0 Å². The minimum absolute atomic E-state index is 0.334. The van der Waals surface area contributed by atoms with E-state index in [1.54, 1.807) is 21.5 Å². The fourth-order valence-electron chi connectivity index (χ4n) is 8.11. The maximum Gasteiger partial charge on any atom is 0.298 e. The fraction of sp³-hybridized carbons (Fsp3) is 0.400. The molecule has 2 saturated heterocycles.